The van der Waals surface area contributed by atoms with Crippen molar-refractivity contribution in [3.8, 4) is 0 Å². The van der Waals surface area contributed by atoms with Crippen LogP contribution in [0.5, 0.6) is 0 Å². The van der Waals surface area contributed by atoms with Gasteiger partial charge in [-0.15, -0.1) is 0 Å². The first-order valence-corrected chi connectivity index (χ1v) is 18.2. The molecule has 258 valence electrons. The van der Waals surface area contributed by atoms with Gasteiger partial charge in [0.05, 0.1) is 59.7 Å². The van der Waals surface area contributed by atoms with Crippen molar-refractivity contribution < 1.29 is 48.7 Å². The topological polar surface area (TPSA) is 162 Å². The van der Waals surface area contributed by atoms with Crippen LogP contribution in [0.4, 0.5) is 0 Å². The van der Waals surface area contributed by atoms with E-state index in [1.54, 1.807) is 0 Å². The van der Waals surface area contributed by atoms with Crippen LogP contribution in [-0.2, 0) is 33.3 Å². The molecule has 4 saturated carbocycles. The highest BCUT2D eigenvalue weighted by Crippen LogP contribution is 2.56. The number of hydrogen-bond acceptors (Lipinski definition) is 7. The van der Waals surface area contributed by atoms with Crippen LogP contribution in [0.15, 0.2) is 0 Å². The Morgan fingerprint density at radius 1 is 0.696 bits per heavy atom. The Bertz CT molecular complexity index is 1140. The predicted molar refractivity (Wildman–Crippen MR) is 165 cm³/mol. The third kappa shape index (κ3) is 7.01. The van der Waals surface area contributed by atoms with Crippen molar-refractivity contribution in [3.63, 3.8) is 0 Å². The average Bonchev–Trinajstić information content (AvgIpc) is 3.81. The van der Waals surface area contributed by atoms with E-state index in [0.717, 1.165) is 64.2 Å². The Kier molecular flexibility index (Phi) is 8.99. The minimum absolute atomic E-state index is 0.0476. The molecule has 0 spiro atoms. The van der Waals surface area contributed by atoms with Gasteiger partial charge in [-0.2, -0.15) is 0 Å². The molecule has 10 heteroatoms. The molecule has 0 aromatic heterocycles. The van der Waals surface area contributed by atoms with Crippen molar-refractivity contribution in [2.45, 2.75) is 165 Å². The van der Waals surface area contributed by atoms with E-state index in [0.29, 0.717) is 98.5 Å². The molecule has 4 aliphatic carbocycles. The largest absolute Gasteiger partial charge is 0.481 e. The zero-order chi connectivity index (χ0) is 32.4. The first kappa shape index (κ1) is 32.8. The lowest BCUT2D eigenvalue weighted by Gasteiger charge is -2.41. The zero-order valence-electron chi connectivity index (χ0n) is 27.5. The van der Waals surface area contributed by atoms with E-state index in [2.05, 4.69) is 13.8 Å². The molecule has 46 heavy (non-hydrogen) atoms. The second-order valence-corrected chi connectivity index (χ2v) is 16.7. The van der Waals surface area contributed by atoms with Crippen LogP contribution < -0.4 is 0 Å². The summed E-state index contributed by atoms with van der Waals surface area (Å²) in [5.74, 6) is -0.128. The second-order valence-electron chi connectivity index (χ2n) is 16.7. The summed E-state index contributed by atoms with van der Waals surface area (Å²) in [6.45, 7) is 4.37. The number of fused-ring (bicyclic) bond motifs is 4. The molecule has 8 rings (SSSR count). The number of aliphatic carboxylic acids is 3. The van der Waals surface area contributed by atoms with Crippen molar-refractivity contribution in [3.05, 3.63) is 0 Å². The van der Waals surface area contributed by atoms with Gasteiger partial charge in [-0.25, -0.2) is 0 Å². The van der Waals surface area contributed by atoms with Crippen LogP contribution in [-0.4, -0.2) is 82.1 Å². The molecule has 0 bridgehead atoms. The number of carbonyl (C=O) groups is 3. The zero-order valence-corrected chi connectivity index (χ0v) is 27.5. The van der Waals surface area contributed by atoms with E-state index in [1.807, 2.05) is 0 Å². The van der Waals surface area contributed by atoms with Crippen molar-refractivity contribution in [2.24, 2.45) is 40.4 Å². The molecule has 4 saturated heterocycles. The van der Waals surface area contributed by atoms with E-state index >= 15 is 0 Å². The second kappa shape index (κ2) is 12.6. The SMILES string of the molecule is CC1CC2OC2CC1CC1(C(=O)O)CC2OC2CC1C.O=C(O)CCCC(CC1CCC2OC2C1)(CC1CCC2OC2C1)C(=O)O. The number of rotatable bonds is 12. The van der Waals surface area contributed by atoms with Gasteiger partial charge < -0.3 is 34.3 Å². The Balaban J connectivity index is 0.000000152. The summed E-state index contributed by atoms with van der Waals surface area (Å²) in [6.07, 6.45) is 16.0. The van der Waals surface area contributed by atoms with Gasteiger partial charge in [0.25, 0.3) is 0 Å². The summed E-state index contributed by atoms with van der Waals surface area (Å²) < 4.78 is 22.5. The maximum Gasteiger partial charge on any atom is 0.310 e. The van der Waals surface area contributed by atoms with Gasteiger partial charge in [0, 0.05) is 6.42 Å². The first-order chi connectivity index (χ1) is 21.9. The van der Waals surface area contributed by atoms with Crippen molar-refractivity contribution in [1.29, 1.82) is 0 Å². The van der Waals surface area contributed by atoms with E-state index in [4.69, 9.17) is 24.1 Å². The van der Waals surface area contributed by atoms with Crippen molar-refractivity contribution in [1.82, 2.24) is 0 Å². The van der Waals surface area contributed by atoms with Gasteiger partial charge in [0.15, 0.2) is 0 Å². The number of carboxylic acids is 3. The van der Waals surface area contributed by atoms with Gasteiger partial charge in [-0.1, -0.05) is 13.8 Å². The molecule has 8 aliphatic rings. The van der Waals surface area contributed by atoms with Crippen molar-refractivity contribution in [2.75, 3.05) is 0 Å². The van der Waals surface area contributed by atoms with Crippen LogP contribution in [0.2, 0.25) is 0 Å². The lowest BCUT2D eigenvalue weighted by Crippen LogP contribution is -2.45. The summed E-state index contributed by atoms with van der Waals surface area (Å²) in [4.78, 5) is 35.4. The van der Waals surface area contributed by atoms with E-state index in [9.17, 15) is 24.6 Å². The first-order valence-electron chi connectivity index (χ1n) is 18.2. The molecule has 8 fully saturated rings. The third-order valence-electron chi connectivity index (χ3n) is 13.6. The van der Waals surface area contributed by atoms with E-state index in [-0.39, 0.29) is 18.4 Å². The van der Waals surface area contributed by atoms with Crippen LogP contribution in [0.25, 0.3) is 0 Å². The highest BCUT2D eigenvalue weighted by molar-refractivity contribution is 5.76. The molecular formula is C36H54O10. The Morgan fingerprint density at radius 2 is 1.24 bits per heavy atom. The average molecular weight is 647 g/mol. The fourth-order valence-corrected chi connectivity index (χ4v) is 10.4. The van der Waals surface area contributed by atoms with Gasteiger partial charge >= 0.3 is 17.9 Å². The van der Waals surface area contributed by atoms with Gasteiger partial charge in [-0.05, 0) is 126 Å². The summed E-state index contributed by atoms with van der Waals surface area (Å²) in [7, 11) is 0. The van der Waals surface area contributed by atoms with Crippen LogP contribution >= 0.6 is 0 Å². The normalized spacial score (nSPS) is 47.2. The fraction of sp³-hybridized carbons (Fsp3) is 0.917. The molecule has 0 aromatic rings. The molecule has 4 aliphatic heterocycles. The molecule has 14 unspecified atom stereocenters. The number of ether oxygens (including phenoxy) is 4. The summed E-state index contributed by atoms with van der Waals surface area (Å²) in [6, 6.07) is 0. The molecular weight excluding hydrogens is 592 g/mol. The molecule has 10 nitrogen and oxygen atoms in total. The molecule has 0 amide bonds. The fourth-order valence-electron chi connectivity index (χ4n) is 10.4. The summed E-state index contributed by atoms with van der Waals surface area (Å²) >= 11 is 0. The van der Waals surface area contributed by atoms with Crippen LogP contribution in [0.3, 0.4) is 0 Å². The van der Waals surface area contributed by atoms with Gasteiger partial charge in [0.2, 0.25) is 0 Å². The minimum atomic E-state index is -0.844. The smallest absolute Gasteiger partial charge is 0.310 e. The van der Waals surface area contributed by atoms with Gasteiger partial charge in [-0.3, -0.25) is 14.4 Å². The van der Waals surface area contributed by atoms with Gasteiger partial charge in [0.1, 0.15) is 0 Å². The summed E-state index contributed by atoms with van der Waals surface area (Å²) in [5.41, 5.74) is -1.37. The standard InChI is InChI=1S/C20H30O6.C16H24O4/c21-18(22)2-1-7-20(19(23)24,10-12-3-5-14-16(8-12)25-14)11-13-4-6-15-17(9-13)26-15;1-8-3-11-13(19-11)5-10(8)6-16(15(17)18)7-14-12(20-14)4-9(16)2/h12-17H,1-11H2,(H,21,22)(H,23,24);8-14H,3-7H2,1-2H3,(H,17,18). The lowest BCUT2D eigenvalue weighted by atomic mass is 9.60. The highest BCUT2D eigenvalue weighted by Gasteiger charge is 2.60. The molecule has 0 aromatic carbocycles. The number of carboxylic acid groups (broad SMARTS) is 3. The van der Waals surface area contributed by atoms with E-state index < -0.39 is 28.7 Å². The van der Waals surface area contributed by atoms with E-state index in [1.165, 1.54) is 0 Å². The molecule has 0 radical (unpaired) electrons. The molecule has 3 N–H and O–H groups in total. The third-order valence-corrected chi connectivity index (χ3v) is 13.6. The maximum absolute atomic E-state index is 12.4. The number of epoxide rings is 4. The Morgan fingerprint density at radius 3 is 1.80 bits per heavy atom. The summed E-state index contributed by atoms with van der Waals surface area (Å²) in [5, 5.41) is 29.1. The Labute approximate surface area is 272 Å². The monoisotopic (exact) mass is 646 g/mol. The quantitative estimate of drug-likeness (QED) is 0.225. The molecule has 14 atom stereocenters. The Hall–Kier alpha value is -1.75. The van der Waals surface area contributed by atoms with Crippen LogP contribution in [0, 0.1) is 40.4 Å². The predicted octanol–water partition coefficient (Wildman–Crippen LogP) is 5.69. The maximum atomic E-state index is 12.4. The highest BCUT2D eigenvalue weighted by atomic mass is 16.6. The minimum Gasteiger partial charge on any atom is -0.481 e. The molecule has 4 heterocycles. The number of hydrogen-bond donors (Lipinski definition) is 3. The lowest BCUT2D eigenvalue weighted by molar-refractivity contribution is -0.156. The van der Waals surface area contributed by atoms with Crippen LogP contribution in [0.1, 0.15) is 117 Å². The van der Waals surface area contributed by atoms with Crippen molar-refractivity contribution >= 4 is 17.9 Å².